The number of benzene rings is 2. The molecular formula is C24H29F3N4O4S. The molecular weight excluding hydrogens is 497 g/mol. The van der Waals surface area contributed by atoms with Gasteiger partial charge in [0.05, 0.1) is 22.3 Å². The van der Waals surface area contributed by atoms with Crippen molar-refractivity contribution >= 4 is 33.4 Å². The minimum Gasteiger partial charge on any atom is -0.475 e. The fraction of sp³-hybridized carbons (Fsp3) is 0.375. The van der Waals surface area contributed by atoms with E-state index >= 15 is 0 Å². The number of aliphatic hydroxyl groups is 1. The van der Waals surface area contributed by atoms with Crippen molar-refractivity contribution in [2.24, 2.45) is 11.5 Å². The minimum absolute atomic E-state index is 0.267. The molecule has 12 heteroatoms. The summed E-state index contributed by atoms with van der Waals surface area (Å²) in [6, 6.07) is 16.6. The Morgan fingerprint density at radius 3 is 2.25 bits per heavy atom. The van der Waals surface area contributed by atoms with Gasteiger partial charge in [-0.2, -0.15) is 13.2 Å². The summed E-state index contributed by atoms with van der Waals surface area (Å²) in [5.41, 5.74) is 13.5. The van der Waals surface area contributed by atoms with E-state index in [0.29, 0.717) is 30.8 Å². The van der Waals surface area contributed by atoms with Gasteiger partial charge in [0.2, 0.25) is 5.91 Å². The molecule has 36 heavy (non-hydrogen) atoms. The number of aromatic nitrogens is 1. The number of para-hydroxylation sites is 1. The predicted octanol–water partition coefficient (Wildman–Crippen LogP) is 3.15. The number of nitrogens with one attached hydrogen (secondary N) is 1. The van der Waals surface area contributed by atoms with Crippen LogP contribution in [0.15, 0.2) is 54.6 Å². The highest BCUT2D eigenvalue weighted by Crippen LogP contribution is 2.29. The number of amides is 1. The standard InChI is InChI=1S/C22H28N4O2S.C2HF3O2/c23-14-6-9-16(24)21(28)25-18(13-12-15-7-2-1-3-8-15)20(27)22-26-17-10-4-5-11-19(17)29-22;3-2(4,5)1(6)7/h1-5,7-8,10-11,16,18,20,27H,6,9,12-14,23-24H2,(H,25,28);(H,6,7)/t16-,18-,20?;/m1./s1. The molecule has 0 aliphatic carbocycles. The number of alkyl halides is 3. The molecule has 1 aromatic heterocycles. The molecule has 0 saturated heterocycles. The van der Waals surface area contributed by atoms with Gasteiger partial charge in [-0.25, -0.2) is 9.78 Å². The fourth-order valence-electron chi connectivity index (χ4n) is 3.22. The first-order valence-corrected chi connectivity index (χ1v) is 12.0. The number of rotatable bonds is 10. The maximum Gasteiger partial charge on any atom is 0.490 e. The van der Waals surface area contributed by atoms with Gasteiger partial charge in [-0.1, -0.05) is 42.5 Å². The van der Waals surface area contributed by atoms with Crippen molar-refractivity contribution in [3.63, 3.8) is 0 Å². The zero-order chi connectivity index (χ0) is 26.7. The molecule has 3 atom stereocenters. The highest BCUT2D eigenvalue weighted by Gasteiger charge is 2.38. The van der Waals surface area contributed by atoms with E-state index < -0.39 is 30.3 Å². The predicted molar refractivity (Wildman–Crippen MR) is 131 cm³/mol. The lowest BCUT2D eigenvalue weighted by atomic mass is 10.0. The van der Waals surface area contributed by atoms with Crippen molar-refractivity contribution in [3.05, 3.63) is 65.2 Å². The molecule has 3 aromatic rings. The number of aliphatic hydroxyl groups excluding tert-OH is 1. The molecule has 8 nitrogen and oxygen atoms in total. The Kier molecular flexibility index (Phi) is 11.2. The summed E-state index contributed by atoms with van der Waals surface area (Å²) in [7, 11) is 0. The van der Waals surface area contributed by atoms with Crippen molar-refractivity contribution in [2.75, 3.05) is 6.54 Å². The number of hydrogen-bond acceptors (Lipinski definition) is 7. The smallest absolute Gasteiger partial charge is 0.475 e. The highest BCUT2D eigenvalue weighted by atomic mass is 32.1. The summed E-state index contributed by atoms with van der Waals surface area (Å²) in [6.07, 6.45) is -3.47. The van der Waals surface area contributed by atoms with E-state index in [2.05, 4.69) is 10.3 Å². The molecule has 0 aliphatic heterocycles. The first-order valence-electron chi connectivity index (χ1n) is 11.2. The summed E-state index contributed by atoms with van der Waals surface area (Å²) in [5.74, 6) is -3.02. The number of nitrogens with zero attached hydrogens (tertiary/aromatic N) is 1. The summed E-state index contributed by atoms with van der Waals surface area (Å²) >= 11 is 1.44. The Labute approximate surface area is 210 Å². The van der Waals surface area contributed by atoms with Crippen LogP contribution in [0.5, 0.6) is 0 Å². The Morgan fingerprint density at radius 1 is 1.06 bits per heavy atom. The van der Waals surface area contributed by atoms with Gasteiger partial charge in [-0.15, -0.1) is 11.3 Å². The Morgan fingerprint density at radius 2 is 1.67 bits per heavy atom. The fourth-order valence-corrected chi connectivity index (χ4v) is 4.24. The van der Waals surface area contributed by atoms with Gasteiger partial charge in [0.15, 0.2) is 0 Å². The third-order valence-corrected chi connectivity index (χ3v) is 6.26. The van der Waals surface area contributed by atoms with Crippen LogP contribution in [-0.4, -0.2) is 51.9 Å². The minimum atomic E-state index is -5.08. The summed E-state index contributed by atoms with van der Waals surface area (Å²) in [4.78, 5) is 26.0. The van der Waals surface area contributed by atoms with Gasteiger partial charge < -0.3 is 27.0 Å². The first kappa shape index (κ1) is 29.2. The topological polar surface area (TPSA) is 152 Å². The Hall–Kier alpha value is -3.06. The number of carboxylic acids is 1. The molecule has 3 rings (SSSR count). The van der Waals surface area contributed by atoms with Crippen LogP contribution >= 0.6 is 11.3 Å². The van der Waals surface area contributed by atoms with E-state index in [0.717, 1.165) is 22.2 Å². The molecule has 1 amide bonds. The quantitative estimate of drug-likeness (QED) is 0.272. The van der Waals surface area contributed by atoms with Crippen LogP contribution in [0.4, 0.5) is 13.2 Å². The maximum atomic E-state index is 12.6. The van der Waals surface area contributed by atoms with Crippen molar-refractivity contribution in [1.29, 1.82) is 0 Å². The molecule has 1 unspecified atom stereocenters. The lowest BCUT2D eigenvalue weighted by Gasteiger charge is -2.24. The second-order valence-corrected chi connectivity index (χ2v) is 9.01. The second-order valence-electron chi connectivity index (χ2n) is 7.94. The van der Waals surface area contributed by atoms with Gasteiger partial charge >= 0.3 is 12.1 Å². The number of fused-ring (bicyclic) bond motifs is 1. The Bertz CT molecular complexity index is 1080. The number of carbonyl (C=O) groups excluding carboxylic acids is 1. The van der Waals surface area contributed by atoms with E-state index in [-0.39, 0.29) is 5.91 Å². The first-order chi connectivity index (χ1) is 17.0. The van der Waals surface area contributed by atoms with E-state index in [1.165, 1.54) is 11.3 Å². The average Bonchev–Trinajstić information content (AvgIpc) is 3.29. The third kappa shape index (κ3) is 9.19. The second kappa shape index (κ2) is 13.9. The van der Waals surface area contributed by atoms with E-state index in [1.54, 1.807) is 0 Å². The van der Waals surface area contributed by atoms with Gasteiger partial charge in [-0.05, 0) is 49.9 Å². The van der Waals surface area contributed by atoms with Gasteiger partial charge in [0.25, 0.3) is 0 Å². The summed E-state index contributed by atoms with van der Waals surface area (Å²) in [5, 5.41) is 21.7. The summed E-state index contributed by atoms with van der Waals surface area (Å²) < 4.78 is 32.7. The normalized spacial score (nSPS) is 13.8. The molecule has 196 valence electrons. The van der Waals surface area contributed by atoms with Crippen LogP contribution in [0.2, 0.25) is 0 Å². The van der Waals surface area contributed by atoms with E-state index in [1.807, 2.05) is 54.6 Å². The monoisotopic (exact) mass is 526 g/mol. The summed E-state index contributed by atoms with van der Waals surface area (Å²) in [6.45, 7) is 0.493. The van der Waals surface area contributed by atoms with Crippen molar-refractivity contribution < 1.29 is 33.0 Å². The number of hydrogen-bond donors (Lipinski definition) is 5. The van der Waals surface area contributed by atoms with E-state index in [9.17, 15) is 23.1 Å². The number of aliphatic carboxylic acids is 1. The molecule has 0 spiro atoms. The molecule has 0 fully saturated rings. The maximum absolute atomic E-state index is 12.6. The van der Waals surface area contributed by atoms with Crippen molar-refractivity contribution in [3.8, 4) is 0 Å². The molecule has 0 saturated carbocycles. The van der Waals surface area contributed by atoms with Crippen molar-refractivity contribution in [2.45, 2.75) is 50.0 Å². The number of thiazole rings is 1. The number of carbonyl (C=O) groups is 2. The number of halogens is 3. The lowest BCUT2D eigenvalue weighted by Crippen LogP contribution is -2.47. The van der Waals surface area contributed by atoms with Crippen LogP contribution in [0, 0.1) is 0 Å². The third-order valence-electron chi connectivity index (χ3n) is 5.16. The molecule has 1 heterocycles. The number of carboxylic acid groups (broad SMARTS) is 1. The molecule has 0 aliphatic rings. The molecule has 0 bridgehead atoms. The molecule has 7 N–H and O–H groups in total. The zero-order valence-corrected chi connectivity index (χ0v) is 20.1. The van der Waals surface area contributed by atoms with Crippen LogP contribution < -0.4 is 16.8 Å². The largest absolute Gasteiger partial charge is 0.490 e. The van der Waals surface area contributed by atoms with Crippen LogP contribution in [0.25, 0.3) is 10.2 Å². The average molecular weight is 527 g/mol. The van der Waals surface area contributed by atoms with Crippen LogP contribution in [-0.2, 0) is 16.0 Å². The van der Waals surface area contributed by atoms with Gasteiger partial charge in [0.1, 0.15) is 11.1 Å². The lowest BCUT2D eigenvalue weighted by molar-refractivity contribution is -0.192. The molecule has 2 aromatic carbocycles. The van der Waals surface area contributed by atoms with Gasteiger partial charge in [-0.3, -0.25) is 4.79 Å². The number of nitrogens with two attached hydrogens (primary N) is 2. The van der Waals surface area contributed by atoms with Crippen LogP contribution in [0.1, 0.15) is 35.9 Å². The zero-order valence-electron chi connectivity index (χ0n) is 19.3. The Balaban J connectivity index is 0.000000572. The van der Waals surface area contributed by atoms with E-state index in [4.69, 9.17) is 21.4 Å². The van der Waals surface area contributed by atoms with Crippen molar-refractivity contribution in [1.82, 2.24) is 10.3 Å². The number of aryl methyl sites for hydroxylation is 1. The highest BCUT2D eigenvalue weighted by molar-refractivity contribution is 7.18. The van der Waals surface area contributed by atoms with Crippen LogP contribution in [0.3, 0.4) is 0 Å². The van der Waals surface area contributed by atoms with Gasteiger partial charge in [0, 0.05) is 0 Å². The molecule has 0 radical (unpaired) electrons. The SMILES string of the molecule is NCCC[C@@H](N)C(=O)N[C@H](CCc1ccccc1)C(O)c1nc2ccccc2s1.O=C(O)C(F)(F)F.